The van der Waals surface area contributed by atoms with Crippen LogP contribution in [0.25, 0.3) is 0 Å². The molecule has 2 atom stereocenters. The Labute approximate surface area is 223 Å². The first-order valence-electron chi connectivity index (χ1n) is 12.6. The van der Waals surface area contributed by atoms with Gasteiger partial charge in [-0.15, -0.1) is 0 Å². The molecule has 0 radical (unpaired) electrons. The number of pyridine rings is 2. The molecule has 0 fully saturated rings. The van der Waals surface area contributed by atoms with E-state index in [2.05, 4.69) is 42.1 Å². The summed E-state index contributed by atoms with van der Waals surface area (Å²) in [5.41, 5.74) is 4.24. The van der Waals surface area contributed by atoms with Gasteiger partial charge in [-0.25, -0.2) is 23.4 Å². The monoisotopic (exact) mass is 538 g/mol. The quantitative estimate of drug-likeness (QED) is 0.335. The second kappa shape index (κ2) is 11.8. The Morgan fingerprint density at radius 1 is 1.13 bits per heavy atom. The minimum Gasteiger partial charge on any atom is -0.350 e. The number of carbonyl (C=O) groups excluding carboxylic acids is 1. The van der Waals surface area contributed by atoms with Crippen LogP contribution < -0.4 is 15.4 Å². The van der Waals surface area contributed by atoms with E-state index in [-0.39, 0.29) is 23.8 Å². The third-order valence-electron chi connectivity index (χ3n) is 6.30. The third kappa shape index (κ3) is 7.45. The first-order valence-corrected chi connectivity index (χ1v) is 14.5. The van der Waals surface area contributed by atoms with E-state index in [9.17, 15) is 13.2 Å². The molecule has 202 valence electrons. The number of fused-ring (bicyclic) bond motifs is 1. The average molecular weight is 539 g/mol. The Hall–Kier alpha value is -3.64. The van der Waals surface area contributed by atoms with Crippen LogP contribution in [-0.2, 0) is 23.1 Å². The molecule has 0 aliphatic carbocycles. The van der Waals surface area contributed by atoms with Gasteiger partial charge in [-0.1, -0.05) is 13.3 Å². The zero-order chi connectivity index (χ0) is 27.3. The molecule has 1 amide bonds. The third-order valence-corrected chi connectivity index (χ3v) is 6.88. The molecule has 1 aliphatic heterocycles. The Balaban J connectivity index is 1.37. The molecule has 3 aromatic heterocycles. The summed E-state index contributed by atoms with van der Waals surface area (Å²) in [5.74, 6) is 0.384. The molecule has 38 heavy (non-hydrogen) atoms. The Morgan fingerprint density at radius 2 is 1.95 bits per heavy atom. The maximum Gasteiger partial charge on any atom is 0.251 e. The summed E-state index contributed by atoms with van der Waals surface area (Å²) < 4.78 is 25.3. The highest BCUT2D eigenvalue weighted by Crippen LogP contribution is 2.27. The number of nitrogens with zero attached hydrogens (tertiary/aromatic N) is 5. The molecule has 1 aliphatic rings. The topological polar surface area (TPSA) is 142 Å². The van der Waals surface area contributed by atoms with Crippen LogP contribution in [0.1, 0.15) is 60.4 Å². The van der Waals surface area contributed by atoms with Gasteiger partial charge in [0.2, 0.25) is 16.0 Å². The molecule has 0 saturated carbocycles. The van der Waals surface area contributed by atoms with Crippen LogP contribution in [0.2, 0.25) is 0 Å². The predicted molar refractivity (Wildman–Crippen MR) is 146 cm³/mol. The smallest absolute Gasteiger partial charge is 0.251 e. The van der Waals surface area contributed by atoms with Crippen molar-refractivity contribution < 1.29 is 13.2 Å². The molecule has 0 saturated heterocycles. The van der Waals surface area contributed by atoms with Gasteiger partial charge in [0.25, 0.3) is 5.91 Å². The second-order valence-corrected chi connectivity index (χ2v) is 11.5. The van der Waals surface area contributed by atoms with Gasteiger partial charge in [0.05, 0.1) is 23.8 Å². The van der Waals surface area contributed by atoms with Crippen LogP contribution in [0.15, 0.2) is 42.9 Å². The molecule has 0 aromatic carbocycles. The molecule has 3 aromatic rings. The van der Waals surface area contributed by atoms with Gasteiger partial charge in [0.1, 0.15) is 5.82 Å². The first-order chi connectivity index (χ1) is 18.1. The number of amides is 1. The van der Waals surface area contributed by atoms with E-state index < -0.39 is 10.0 Å². The highest BCUT2D eigenvalue weighted by Gasteiger charge is 2.28. The van der Waals surface area contributed by atoms with Gasteiger partial charge in [-0.05, 0) is 51.0 Å². The van der Waals surface area contributed by atoms with E-state index in [1.165, 1.54) is 12.3 Å². The summed E-state index contributed by atoms with van der Waals surface area (Å²) in [7, 11) is -3.48. The molecule has 4 heterocycles. The zero-order valence-electron chi connectivity index (χ0n) is 22.1. The average Bonchev–Trinajstić information content (AvgIpc) is 3.28. The lowest BCUT2D eigenvalue weighted by Crippen LogP contribution is -2.40. The molecule has 0 bridgehead atoms. The van der Waals surface area contributed by atoms with Gasteiger partial charge in [0, 0.05) is 54.4 Å². The summed E-state index contributed by atoms with van der Waals surface area (Å²) in [6.45, 7) is 7.56. The van der Waals surface area contributed by atoms with Gasteiger partial charge in [-0.3, -0.25) is 19.4 Å². The molecule has 0 spiro atoms. The van der Waals surface area contributed by atoms with Crippen LogP contribution in [0.4, 0.5) is 17.5 Å². The van der Waals surface area contributed by atoms with Crippen molar-refractivity contribution in [1.82, 2.24) is 30.2 Å². The van der Waals surface area contributed by atoms with Crippen LogP contribution in [-0.4, -0.2) is 57.5 Å². The lowest BCUT2D eigenvalue weighted by molar-refractivity contribution is 0.0923. The summed E-state index contributed by atoms with van der Waals surface area (Å²) in [5, 5.41) is 6.27. The number of hydrogen-bond acceptors (Lipinski definition) is 9. The SMILES string of the molecule is CCC[C@H](C[C@@H](C)NC(=O)c1ccnc(NS(C)(=O)=O)c1)N1Cc2cnc(Nc3ccc(C)nc3)nc2C1. The highest BCUT2D eigenvalue weighted by molar-refractivity contribution is 7.92. The van der Waals surface area contributed by atoms with Crippen LogP contribution in [0.5, 0.6) is 0 Å². The Kier molecular flexibility index (Phi) is 8.52. The van der Waals surface area contributed by atoms with E-state index >= 15 is 0 Å². The van der Waals surface area contributed by atoms with Crippen LogP contribution >= 0.6 is 0 Å². The minimum atomic E-state index is -3.48. The maximum absolute atomic E-state index is 12.9. The van der Waals surface area contributed by atoms with Crippen molar-refractivity contribution in [3.8, 4) is 0 Å². The fourth-order valence-corrected chi connectivity index (χ4v) is 5.03. The Morgan fingerprint density at radius 3 is 2.66 bits per heavy atom. The largest absolute Gasteiger partial charge is 0.350 e. The molecular formula is C26H34N8O3S. The number of rotatable bonds is 11. The van der Waals surface area contributed by atoms with Gasteiger partial charge in [-0.2, -0.15) is 0 Å². The number of anilines is 3. The number of aryl methyl sites for hydroxylation is 1. The Bertz CT molecular complexity index is 1380. The van der Waals surface area contributed by atoms with E-state index in [1.54, 1.807) is 12.3 Å². The summed E-state index contributed by atoms with van der Waals surface area (Å²) in [4.78, 5) is 32.8. The van der Waals surface area contributed by atoms with Gasteiger partial charge in [0.15, 0.2) is 0 Å². The normalized spacial score (nSPS) is 14.9. The van der Waals surface area contributed by atoms with E-state index in [0.717, 1.165) is 61.2 Å². The summed E-state index contributed by atoms with van der Waals surface area (Å²) >= 11 is 0. The molecular weight excluding hydrogens is 504 g/mol. The number of carbonyl (C=O) groups is 1. The number of sulfonamides is 1. The minimum absolute atomic E-state index is 0.0976. The molecule has 12 heteroatoms. The fraction of sp³-hybridized carbons (Fsp3) is 0.423. The van der Waals surface area contributed by atoms with Gasteiger partial charge >= 0.3 is 0 Å². The standard InChI is InChI=1S/C26H34N8O3S/c1-5-6-22(11-18(3)30-25(35)19-9-10-27-24(12-19)33-38(4,36)37)34-15-20-13-29-26(32-23(20)16-34)31-21-8-7-17(2)28-14-21/h7-10,12-14,18,22H,5-6,11,15-16H2,1-4H3,(H,27,33)(H,30,35)(H,29,31,32)/t18-,22-/m1/s1. The van der Waals surface area contributed by atoms with Crippen molar-refractivity contribution in [2.75, 3.05) is 16.3 Å². The van der Waals surface area contributed by atoms with Crippen molar-refractivity contribution in [2.45, 2.75) is 65.2 Å². The number of aromatic nitrogens is 4. The van der Waals surface area contributed by atoms with Crippen LogP contribution in [0, 0.1) is 6.92 Å². The lowest BCUT2D eigenvalue weighted by atomic mass is 10.0. The van der Waals surface area contributed by atoms with Crippen molar-refractivity contribution in [1.29, 1.82) is 0 Å². The van der Waals surface area contributed by atoms with E-state index in [4.69, 9.17) is 4.98 Å². The first kappa shape index (κ1) is 27.4. The second-order valence-electron chi connectivity index (χ2n) is 9.74. The van der Waals surface area contributed by atoms with Gasteiger partial charge < -0.3 is 10.6 Å². The van der Waals surface area contributed by atoms with Crippen molar-refractivity contribution >= 4 is 33.4 Å². The molecule has 3 N–H and O–H groups in total. The van der Waals surface area contributed by atoms with Crippen molar-refractivity contribution in [3.05, 3.63) is 65.4 Å². The molecule has 4 rings (SSSR count). The predicted octanol–water partition coefficient (Wildman–Crippen LogP) is 3.38. The van der Waals surface area contributed by atoms with Crippen LogP contribution in [0.3, 0.4) is 0 Å². The molecule has 0 unspecified atom stereocenters. The number of nitrogens with one attached hydrogen (secondary N) is 3. The highest BCUT2D eigenvalue weighted by atomic mass is 32.2. The summed E-state index contributed by atoms with van der Waals surface area (Å²) in [6, 6.07) is 7.04. The number of hydrogen-bond donors (Lipinski definition) is 3. The fourth-order valence-electron chi connectivity index (χ4n) is 4.54. The maximum atomic E-state index is 12.9. The van der Waals surface area contributed by atoms with Crippen molar-refractivity contribution in [2.24, 2.45) is 0 Å². The lowest BCUT2D eigenvalue weighted by Gasteiger charge is -2.30. The zero-order valence-corrected chi connectivity index (χ0v) is 22.9. The summed E-state index contributed by atoms with van der Waals surface area (Å²) in [6.07, 6.45) is 8.86. The van der Waals surface area contributed by atoms with E-state index in [1.807, 2.05) is 32.2 Å². The van der Waals surface area contributed by atoms with E-state index in [0.29, 0.717) is 11.5 Å². The van der Waals surface area contributed by atoms with Crippen molar-refractivity contribution in [3.63, 3.8) is 0 Å². The molecule has 11 nitrogen and oxygen atoms in total.